The summed E-state index contributed by atoms with van der Waals surface area (Å²) in [4.78, 5) is 13.7. The Morgan fingerprint density at radius 3 is 2.56 bits per heavy atom. The van der Waals surface area contributed by atoms with Gasteiger partial charge in [-0.1, -0.05) is 17.7 Å². The molecule has 0 atom stereocenters. The lowest BCUT2D eigenvalue weighted by atomic mass is 10.0. The molecule has 16 heavy (non-hydrogen) atoms. The van der Waals surface area contributed by atoms with E-state index in [4.69, 9.17) is 23.2 Å². The fourth-order valence-corrected chi connectivity index (χ4v) is 1.55. The first-order valence-electron chi connectivity index (χ1n) is 4.98. The van der Waals surface area contributed by atoms with Gasteiger partial charge in [0.15, 0.2) is 0 Å². The number of hydrogen-bond acceptors (Lipinski definition) is 1. The van der Waals surface area contributed by atoms with Crippen LogP contribution >= 0.6 is 23.2 Å². The molecule has 0 fully saturated rings. The summed E-state index contributed by atoms with van der Waals surface area (Å²) in [7, 11) is 1.74. The van der Waals surface area contributed by atoms with Crippen LogP contribution in [0.4, 0.5) is 0 Å². The highest BCUT2D eigenvalue weighted by Gasteiger charge is 2.27. The molecule has 4 heteroatoms. The Morgan fingerprint density at radius 1 is 1.44 bits per heavy atom. The number of amides is 1. The minimum absolute atomic E-state index is 0.0758. The molecule has 0 heterocycles. The highest BCUT2D eigenvalue weighted by molar-refractivity contribution is 6.31. The van der Waals surface area contributed by atoms with Crippen molar-refractivity contribution in [2.24, 2.45) is 0 Å². The van der Waals surface area contributed by atoms with E-state index in [2.05, 4.69) is 0 Å². The molecule has 0 bridgehead atoms. The highest BCUT2D eigenvalue weighted by atomic mass is 35.5. The van der Waals surface area contributed by atoms with Crippen LogP contribution in [0.2, 0.25) is 5.02 Å². The maximum atomic E-state index is 12.1. The molecule has 0 unspecified atom stereocenters. The molecule has 0 aliphatic heterocycles. The van der Waals surface area contributed by atoms with Crippen LogP contribution in [0.1, 0.15) is 24.2 Å². The lowest BCUT2D eigenvalue weighted by molar-refractivity contribution is 0.0660. The van der Waals surface area contributed by atoms with E-state index in [1.165, 1.54) is 0 Å². The zero-order valence-corrected chi connectivity index (χ0v) is 11.1. The van der Waals surface area contributed by atoms with Crippen molar-refractivity contribution >= 4 is 29.1 Å². The molecule has 0 N–H and O–H groups in total. The number of carbonyl (C=O) groups excluding carboxylic acids is 1. The zero-order chi connectivity index (χ0) is 12.3. The van der Waals surface area contributed by atoms with Crippen LogP contribution in [0.3, 0.4) is 0 Å². The second kappa shape index (κ2) is 5.07. The van der Waals surface area contributed by atoms with E-state index in [9.17, 15) is 4.79 Å². The predicted molar refractivity (Wildman–Crippen MR) is 68.3 cm³/mol. The van der Waals surface area contributed by atoms with Gasteiger partial charge in [0.05, 0.1) is 5.54 Å². The van der Waals surface area contributed by atoms with Crippen LogP contribution in [-0.4, -0.2) is 29.3 Å². The Balaban J connectivity index is 2.95. The van der Waals surface area contributed by atoms with Gasteiger partial charge in [-0.15, -0.1) is 11.6 Å². The Bertz CT molecular complexity index is 390. The molecule has 2 nitrogen and oxygen atoms in total. The van der Waals surface area contributed by atoms with E-state index < -0.39 is 0 Å². The molecule has 0 aliphatic carbocycles. The number of benzene rings is 1. The van der Waals surface area contributed by atoms with Crippen LogP contribution in [-0.2, 0) is 0 Å². The van der Waals surface area contributed by atoms with Crippen molar-refractivity contribution in [3.8, 4) is 0 Å². The third-order valence-corrected chi connectivity index (χ3v) is 3.50. The highest BCUT2D eigenvalue weighted by Crippen LogP contribution is 2.19. The average Bonchev–Trinajstić information content (AvgIpc) is 2.27. The van der Waals surface area contributed by atoms with Crippen molar-refractivity contribution in [2.45, 2.75) is 19.4 Å². The van der Waals surface area contributed by atoms with Crippen LogP contribution < -0.4 is 0 Å². The van der Waals surface area contributed by atoms with E-state index in [0.717, 1.165) is 0 Å². The first-order chi connectivity index (χ1) is 7.38. The summed E-state index contributed by atoms with van der Waals surface area (Å²) < 4.78 is 0. The van der Waals surface area contributed by atoms with E-state index >= 15 is 0 Å². The van der Waals surface area contributed by atoms with E-state index in [1.54, 1.807) is 36.2 Å². The third-order valence-electron chi connectivity index (χ3n) is 2.61. The summed E-state index contributed by atoms with van der Waals surface area (Å²) >= 11 is 11.7. The molecule has 1 aromatic carbocycles. The predicted octanol–water partition coefficient (Wildman–Crippen LogP) is 3.43. The first kappa shape index (κ1) is 13.3. The summed E-state index contributed by atoms with van der Waals surface area (Å²) in [5, 5.41) is 0.558. The lowest BCUT2D eigenvalue weighted by Crippen LogP contribution is -2.46. The van der Waals surface area contributed by atoms with Gasteiger partial charge in [0, 0.05) is 23.5 Å². The summed E-state index contributed by atoms with van der Waals surface area (Å²) in [5.74, 6) is 0.309. The van der Waals surface area contributed by atoms with Crippen molar-refractivity contribution in [2.75, 3.05) is 12.9 Å². The summed E-state index contributed by atoms with van der Waals surface area (Å²) in [6.45, 7) is 3.84. The number of hydrogen-bond donors (Lipinski definition) is 0. The zero-order valence-electron chi connectivity index (χ0n) is 9.63. The molecule has 1 amide bonds. The molecular weight excluding hydrogens is 245 g/mol. The normalized spacial score (nSPS) is 11.3. The molecule has 0 aliphatic rings. The summed E-state index contributed by atoms with van der Waals surface area (Å²) in [6.07, 6.45) is 0. The quantitative estimate of drug-likeness (QED) is 0.762. The fourth-order valence-electron chi connectivity index (χ4n) is 1.18. The second-order valence-electron chi connectivity index (χ2n) is 4.32. The second-order valence-corrected chi connectivity index (χ2v) is 5.02. The number of halogens is 2. The van der Waals surface area contributed by atoms with Gasteiger partial charge in [-0.2, -0.15) is 0 Å². The molecule has 88 valence electrons. The molecule has 0 aromatic heterocycles. The molecule has 0 spiro atoms. The number of carbonyl (C=O) groups is 1. The van der Waals surface area contributed by atoms with Crippen LogP contribution in [0.15, 0.2) is 24.3 Å². The molecular formula is C12H15Cl2NO. The van der Waals surface area contributed by atoms with Gasteiger partial charge in [0.25, 0.3) is 5.91 Å². The smallest absolute Gasteiger partial charge is 0.254 e. The Hall–Kier alpha value is -0.730. The minimum atomic E-state index is -0.374. The van der Waals surface area contributed by atoms with Gasteiger partial charge >= 0.3 is 0 Å². The average molecular weight is 260 g/mol. The first-order valence-corrected chi connectivity index (χ1v) is 5.89. The summed E-state index contributed by atoms with van der Waals surface area (Å²) in [5.41, 5.74) is 0.203. The van der Waals surface area contributed by atoms with Gasteiger partial charge in [-0.25, -0.2) is 0 Å². The Morgan fingerprint density at radius 2 is 2.06 bits per heavy atom. The van der Waals surface area contributed by atoms with Crippen molar-refractivity contribution in [3.05, 3.63) is 34.9 Å². The topological polar surface area (TPSA) is 20.3 Å². The van der Waals surface area contributed by atoms with Crippen LogP contribution in [0.25, 0.3) is 0 Å². The molecule has 1 rings (SSSR count). The monoisotopic (exact) mass is 259 g/mol. The summed E-state index contributed by atoms with van der Waals surface area (Å²) in [6, 6.07) is 6.90. The van der Waals surface area contributed by atoms with Gasteiger partial charge in [-0.05, 0) is 32.0 Å². The molecule has 0 saturated carbocycles. The third kappa shape index (κ3) is 2.89. The SMILES string of the molecule is CN(C(=O)c1cccc(Cl)c1)C(C)(C)CCl. The van der Waals surface area contributed by atoms with E-state index in [1.807, 2.05) is 13.8 Å². The van der Waals surface area contributed by atoms with Crippen LogP contribution in [0.5, 0.6) is 0 Å². The number of rotatable bonds is 3. The maximum absolute atomic E-state index is 12.1. The van der Waals surface area contributed by atoms with E-state index in [-0.39, 0.29) is 11.4 Å². The molecule has 1 aromatic rings. The van der Waals surface area contributed by atoms with Gasteiger partial charge < -0.3 is 4.90 Å². The Labute approximate surface area is 106 Å². The molecule has 0 saturated heterocycles. The maximum Gasteiger partial charge on any atom is 0.254 e. The minimum Gasteiger partial charge on any atom is -0.335 e. The van der Waals surface area contributed by atoms with Gasteiger partial charge in [-0.3, -0.25) is 4.79 Å². The van der Waals surface area contributed by atoms with Gasteiger partial charge in [0.1, 0.15) is 0 Å². The van der Waals surface area contributed by atoms with Crippen molar-refractivity contribution in [3.63, 3.8) is 0 Å². The van der Waals surface area contributed by atoms with E-state index in [0.29, 0.717) is 16.5 Å². The fraction of sp³-hybridized carbons (Fsp3) is 0.417. The lowest BCUT2D eigenvalue weighted by Gasteiger charge is -2.34. The molecule has 0 radical (unpaired) electrons. The largest absolute Gasteiger partial charge is 0.335 e. The van der Waals surface area contributed by atoms with Gasteiger partial charge in [0.2, 0.25) is 0 Å². The van der Waals surface area contributed by atoms with Crippen molar-refractivity contribution < 1.29 is 4.79 Å². The Kier molecular flexibility index (Phi) is 4.22. The van der Waals surface area contributed by atoms with Crippen molar-refractivity contribution in [1.29, 1.82) is 0 Å². The van der Waals surface area contributed by atoms with Crippen molar-refractivity contribution in [1.82, 2.24) is 4.90 Å². The van der Waals surface area contributed by atoms with Crippen LogP contribution in [0, 0.1) is 0 Å². The number of alkyl halides is 1. The standard InChI is InChI=1S/C12H15Cl2NO/c1-12(2,8-13)15(3)11(16)9-5-4-6-10(14)7-9/h4-7H,8H2,1-3H3. The number of nitrogens with zero attached hydrogens (tertiary/aromatic N) is 1.